The van der Waals surface area contributed by atoms with E-state index in [-0.39, 0.29) is 18.1 Å². The van der Waals surface area contributed by atoms with Gasteiger partial charge >= 0.3 is 0 Å². The first-order valence-electron chi connectivity index (χ1n) is 10.1. The van der Waals surface area contributed by atoms with Gasteiger partial charge in [0.1, 0.15) is 23.4 Å². The maximum Gasteiger partial charge on any atom is 0.242 e. The largest absolute Gasteiger partial charge is 0.492 e. The fraction of sp³-hybridized carbons (Fsp3) is 0.750. The quantitative estimate of drug-likeness (QED) is 0.730. The van der Waals surface area contributed by atoms with E-state index in [9.17, 15) is 10.2 Å². The van der Waals surface area contributed by atoms with Crippen molar-refractivity contribution in [1.82, 2.24) is 19.5 Å². The number of nitrogens with zero attached hydrogens (tertiary/aromatic N) is 4. The van der Waals surface area contributed by atoms with Crippen LogP contribution in [0.25, 0.3) is 11.2 Å². The minimum absolute atomic E-state index is 0.161. The van der Waals surface area contributed by atoms with Gasteiger partial charge in [-0.25, -0.2) is 9.97 Å². The molecule has 162 valence electrons. The normalized spacial score (nSPS) is 28.6. The van der Waals surface area contributed by atoms with Crippen molar-refractivity contribution >= 4 is 20.0 Å². The molecule has 1 aliphatic rings. The molecule has 0 unspecified atom stereocenters. The Morgan fingerprint density at radius 2 is 1.86 bits per heavy atom. The third kappa shape index (κ3) is 3.69. The molecular weight excluding hydrogens is 388 g/mol. The van der Waals surface area contributed by atoms with Crippen LogP contribution < -0.4 is 0 Å². The van der Waals surface area contributed by atoms with Gasteiger partial charge in [-0.1, -0.05) is 33.9 Å². The Morgan fingerprint density at radius 1 is 1.21 bits per heavy atom. The zero-order valence-corrected chi connectivity index (χ0v) is 19.9. The lowest BCUT2D eigenvalue weighted by Crippen LogP contribution is -2.52. The van der Waals surface area contributed by atoms with Crippen molar-refractivity contribution in [2.45, 2.75) is 83.7 Å². The molecule has 0 radical (unpaired) electrons. The van der Waals surface area contributed by atoms with Crippen LogP contribution in [0.5, 0.6) is 5.88 Å². The predicted molar refractivity (Wildman–Crippen MR) is 113 cm³/mol. The zero-order valence-electron chi connectivity index (χ0n) is 18.7. The third-order valence-electron chi connectivity index (χ3n) is 5.99. The second-order valence-electron chi connectivity index (χ2n) is 10.4. The number of imidazole rings is 1. The monoisotopic (exact) mass is 422 g/mol. The number of ether oxygens (including phenoxy) is 2. The van der Waals surface area contributed by atoms with Crippen LogP contribution in [0.4, 0.5) is 0 Å². The molecule has 3 rings (SSSR count). The van der Waals surface area contributed by atoms with E-state index in [2.05, 4.69) is 28.0 Å². The Balaban J connectivity index is 2.13. The van der Waals surface area contributed by atoms with Crippen molar-refractivity contribution in [3.63, 3.8) is 0 Å². The molecule has 1 aliphatic heterocycles. The Kier molecular flexibility index (Phi) is 5.35. The van der Waals surface area contributed by atoms with Crippen molar-refractivity contribution in [2.24, 2.45) is 5.41 Å². The standard InChI is InChI=1S/C20H34N4O4Si/c1-17(2,3)19(26)10-20(29(7)8,28-13(19)9-27-18(4,5)6)24-12-23-14-15(24)21-11-22-16(14)25/h11-13,26,29H,9-10H2,1-8H3,(H,21,22,25)/t13-,19+,20+/m1/s1. The topological polar surface area (TPSA) is 103 Å². The summed E-state index contributed by atoms with van der Waals surface area (Å²) in [6.07, 6.45) is 2.85. The van der Waals surface area contributed by atoms with Crippen LogP contribution in [0.1, 0.15) is 48.0 Å². The molecule has 1 fully saturated rings. The second-order valence-corrected chi connectivity index (χ2v) is 13.6. The summed E-state index contributed by atoms with van der Waals surface area (Å²) in [6.45, 7) is 16.7. The van der Waals surface area contributed by atoms with Gasteiger partial charge in [0.05, 0.1) is 27.3 Å². The first-order valence-corrected chi connectivity index (χ1v) is 13.0. The molecule has 2 aromatic heterocycles. The number of aromatic nitrogens is 4. The Labute approximate surface area is 173 Å². The first kappa shape index (κ1) is 22.1. The SMILES string of the molecule is C[SiH](C)[C@]1(n2cnc3c(O)ncnc32)C[C@@](O)(C(C)(C)C)[C@@H](COC(C)(C)C)O1. The van der Waals surface area contributed by atoms with E-state index in [1.807, 2.05) is 46.1 Å². The van der Waals surface area contributed by atoms with Crippen molar-refractivity contribution in [1.29, 1.82) is 0 Å². The summed E-state index contributed by atoms with van der Waals surface area (Å²) >= 11 is 0. The van der Waals surface area contributed by atoms with Gasteiger partial charge in [-0.15, -0.1) is 0 Å². The van der Waals surface area contributed by atoms with Gasteiger partial charge in [-0.2, -0.15) is 4.98 Å². The molecule has 0 spiro atoms. The van der Waals surface area contributed by atoms with E-state index in [1.165, 1.54) is 6.33 Å². The summed E-state index contributed by atoms with van der Waals surface area (Å²) < 4.78 is 14.6. The predicted octanol–water partition coefficient (Wildman–Crippen LogP) is 2.59. The summed E-state index contributed by atoms with van der Waals surface area (Å²) in [5.41, 5.74) is -1.05. The summed E-state index contributed by atoms with van der Waals surface area (Å²) in [4.78, 5) is 12.5. The summed E-state index contributed by atoms with van der Waals surface area (Å²) in [5, 5.41) is 21.2. The molecule has 0 saturated carbocycles. The Hall–Kier alpha value is -1.55. The highest BCUT2D eigenvalue weighted by Crippen LogP contribution is 2.52. The maximum atomic E-state index is 11.9. The van der Waals surface area contributed by atoms with Gasteiger partial charge in [0, 0.05) is 6.42 Å². The molecule has 8 nitrogen and oxygen atoms in total. The van der Waals surface area contributed by atoms with Gasteiger partial charge in [0.25, 0.3) is 0 Å². The summed E-state index contributed by atoms with van der Waals surface area (Å²) in [7, 11) is -1.59. The Morgan fingerprint density at radius 3 is 2.41 bits per heavy atom. The van der Waals surface area contributed by atoms with E-state index in [0.29, 0.717) is 17.6 Å². The highest BCUT2D eigenvalue weighted by Gasteiger charge is 2.62. The van der Waals surface area contributed by atoms with E-state index in [1.54, 1.807) is 6.33 Å². The first-order chi connectivity index (χ1) is 13.2. The highest BCUT2D eigenvalue weighted by molar-refractivity contribution is 6.58. The maximum absolute atomic E-state index is 11.9. The van der Waals surface area contributed by atoms with Crippen molar-refractivity contribution in [3.8, 4) is 5.88 Å². The summed E-state index contributed by atoms with van der Waals surface area (Å²) in [5.74, 6) is -0.161. The minimum Gasteiger partial charge on any atom is -0.492 e. The number of hydrogen-bond acceptors (Lipinski definition) is 7. The lowest BCUT2D eigenvalue weighted by Gasteiger charge is -2.41. The molecule has 2 N–H and O–H groups in total. The molecule has 0 aliphatic carbocycles. The van der Waals surface area contributed by atoms with Crippen LogP contribution in [0.15, 0.2) is 12.7 Å². The zero-order chi connectivity index (χ0) is 21.8. The van der Waals surface area contributed by atoms with Crippen LogP contribution in [0, 0.1) is 5.41 Å². The molecule has 0 aromatic carbocycles. The molecule has 0 bridgehead atoms. The number of aliphatic hydroxyl groups is 1. The van der Waals surface area contributed by atoms with Crippen LogP contribution in [-0.2, 0) is 14.8 Å². The van der Waals surface area contributed by atoms with E-state index in [0.717, 1.165) is 0 Å². The second kappa shape index (κ2) is 7.00. The molecule has 9 heteroatoms. The van der Waals surface area contributed by atoms with Gasteiger partial charge in [-0.05, 0) is 26.2 Å². The van der Waals surface area contributed by atoms with Crippen LogP contribution in [0.2, 0.25) is 13.1 Å². The number of rotatable bonds is 4. The number of hydrogen-bond donors (Lipinski definition) is 2. The van der Waals surface area contributed by atoms with Gasteiger partial charge in [-0.3, -0.25) is 4.57 Å². The van der Waals surface area contributed by atoms with Gasteiger partial charge in [0.15, 0.2) is 11.2 Å². The molecular formula is C20H34N4O4Si. The lowest BCUT2D eigenvalue weighted by atomic mass is 9.72. The minimum atomic E-state index is -1.59. The smallest absolute Gasteiger partial charge is 0.242 e. The molecule has 0 amide bonds. The summed E-state index contributed by atoms with van der Waals surface area (Å²) in [6, 6.07) is 0. The Bertz CT molecular complexity index is 889. The molecule has 3 heterocycles. The fourth-order valence-electron chi connectivity index (χ4n) is 3.99. The lowest BCUT2D eigenvalue weighted by molar-refractivity contribution is -0.159. The molecule has 29 heavy (non-hydrogen) atoms. The van der Waals surface area contributed by atoms with Crippen LogP contribution >= 0.6 is 0 Å². The highest BCUT2D eigenvalue weighted by atomic mass is 28.3. The van der Waals surface area contributed by atoms with Crippen molar-refractivity contribution < 1.29 is 19.7 Å². The van der Waals surface area contributed by atoms with Crippen molar-refractivity contribution in [3.05, 3.63) is 12.7 Å². The number of fused-ring (bicyclic) bond motifs is 1. The van der Waals surface area contributed by atoms with E-state index < -0.39 is 31.3 Å². The van der Waals surface area contributed by atoms with Crippen LogP contribution in [-0.4, -0.2) is 62.4 Å². The number of aromatic hydroxyl groups is 1. The average molecular weight is 423 g/mol. The van der Waals surface area contributed by atoms with Gasteiger partial charge in [0.2, 0.25) is 5.88 Å². The van der Waals surface area contributed by atoms with Gasteiger partial charge < -0.3 is 19.7 Å². The average Bonchev–Trinajstić information content (AvgIpc) is 3.13. The van der Waals surface area contributed by atoms with E-state index >= 15 is 0 Å². The fourth-order valence-corrected chi connectivity index (χ4v) is 5.89. The third-order valence-corrected chi connectivity index (χ3v) is 8.41. The molecule has 2 aromatic rings. The van der Waals surface area contributed by atoms with Crippen LogP contribution in [0.3, 0.4) is 0 Å². The molecule has 3 atom stereocenters. The van der Waals surface area contributed by atoms with E-state index in [4.69, 9.17) is 9.47 Å². The molecule has 1 saturated heterocycles. The van der Waals surface area contributed by atoms with Crippen molar-refractivity contribution in [2.75, 3.05) is 6.61 Å².